The molecule has 0 aliphatic heterocycles. The minimum atomic E-state index is -1.08. The maximum atomic E-state index is 11.8. The molecule has 6 heteroatoms. The third kappa shape index (κ3) is 3.68. The number of aliphatic carboxylic acids is 1. The Balaban J connectivity index is 2.10. The maximum absolute atomic E-state index is 11.8. The summed E-state index contributed by atoms with van der Waals surface area (Å²) in [6, 6.07) is 8.42. The molecule has 0 spiro atoms. The van der Waals surface area contributed by atoms with Crippen LogP contribution in [0.3, 0.4) is 0 Å². The molecule has 2 rings (SSSR count). The first kappa shape index (κ1) is 14.8. The fourth-order valence-electron chi connectivity index (χ4n) is 1.80. The van der Waals surface area contributed by atoms with Gasteiger partial charge in [0.25, 0.3) is 0 Å². The highest BCUT2D eigenvalue weighted by atomic mass is 16.4. The van der Waals surface area contributed by atoms with Crippen LogP contribution in [0.4, 0.5) is 0 Å². The molecule has 0 radical (unpaired) electrons. The van der Waals surface area contributed by atoms with E-state index >= 15 is 0 Å². The Bertz CT molecular complexity index is 649. The second-order valence-electron chi connectivity index (χ2n) is 4.69. The fourth-order valence-corrected chi connectivity index (χ4v) is 1.80. The van der Waals surface area contributed by atoms with Crippen molar-refractivity contribution in [3.05, 3.63) is 41.8 Å². The van der Waals surface area contributed by atoms with Crippen LogP contribution in [0.1, 0.15) is 18.4 Å². The SMILES string of the molecule is Cc1oc(-c2ccccc2)nc1CC(=O)N[C@H](C)C(=O)O. The van der Waals surface area contributed by atoms with Crippen molar-refractivity contribution < 1.29 is 19.1 Å². The molecule has 0 aliphatic rings. The van der Waals surface area contributed by atoms with Gasteiger partial charge in [0.1, 0.15) is 11.8 Å². The number of benzene rings is 1. The third-order valence-corrected chi connectivity index (χ3v) is 2.99. The van der Waals surface area contributed by atoms with Crippen molar-refractivity contribution in [2.75, 3.05) is 0 Å². The first-order valence-electron chi connectivity index (χ1n) is 6.51. The van der Waals surface area contributed by atoms with Gasteiger partial charge in [0, 0.05) is 5.56 Å². The lowest BCUT2D eigenvalue weighted by Gasteiger charge is -2.07. The van der Waals surface area contributed by atoms with Crippen molar-refractivity contribution in [3.63, 3.8) is 0 Å². The quantitative estimate of drug-likeness (QED) is 0.875. The summed E-state index contributed by atoms with van der Waals surface area (Å²) >= 11 is 0. The monoisotopic (exact) mass is 288 g/mol. The topological polar surface area (TPSA) is 92.4 Å². The fraction of sp³-hybridized carbons (Fsp3) is 0.267. The molecule has 1 heterocycles. The van der Waals surface area contributed by atoms with Gasteiger partial charge < -0.3 is 14.8 Å². The third-order valence-electron chi connectivity index (χ3n) is 2.99. The Kier molecular flexibility index (Phi) is 4.37. The highest BCUT2D eigenvalue weighted by molar-refractivity contribution is 5.84. The number of nitrogens with zero attached hydrogens (tertiary/aromatic N) is 1. The highest BCUT2D eigenvalue weighted by Crippen LogP contribution is 2.21. The Morgan fingerprint density at radius 2 is 2.00 bits per heavy atom. The standard InChI is InChI=1S/C15H16N2O4/c1-9(15(19)20)16-13(18)8-12-10(2)21-14(17-12)11-6-4-3-5-7-11/h3-7,9H,8H2,1-2H3,(H,16,18)(H,19,20)/t9-/m1/s1. The number of carbonyl (C=O) groups excluding carboxylic acids is 1. The average Bonchev–Trinajstić information content (AvgIpc) is 2.81. The average molecular weight is 288 g/mol. The minimum Gasteiger partial charge on any atom is -0.480 e. The van der Waals surface area contributed by atoms with Gasteiger partial charge >= 0.3 is 5.97 Å². The molecule has 1 aromatic heterocycles. The first-order chi connectivity index (χ1) is 9.97. The molecule has 0 saturated heterocycles. The number of hydrogen-bond acceptors (Lipinski definition) is 4. The van der Waals surface area contributed by atoms with Crippen molar-refractivity contribution >= 4 is 11.9 Å². The Morgan fingerprint density at radius 1 is 1.33 bits per heavy atom. The van der Waals surface area contributed by atoms with E-state index in [0.717, 1.165) is 5.56 Å². The van der Waals surface area contributed by atoms with E-state index in [1.807, 2.05) is 30.3 Å². The number of carboxylic acids is 1. The molecule has 0 aliphatic carbocycles. The van der Waals surface area contributed by atoms with E-state index in [1.54, 1.807) is 6.92 Å². The van der Waals surface area contributed by atoms with Crippen LogP contribution in [0.25, 0.3) is 11.5 Å². The number of carboxylic acid groups (broad SMARTS) is 1. The van der Waals surface area contributed by atoms with Crippen molar-refractivity contribution in [2.45, 2.75) is 26.3 Å². The maximum Gasteiger partial charge on any atom is 0.325 e. The number of hydrogen-bond donors (Lipinski definition) is 2. The van der Waals surface area contributed by atoms with Crippen LogP contribution in [0.5, 0.6) is 0 Å². The smallest absolute Gasteiger partial charge is 0.325 e. The zero-order valence-electron chi connectivity index (χ0n) is 11.8. The number of carbonyl (C=O) groups is 2. The molecular formula is C15H16N2O4. The van der Waals surface area contributed by atoms with E-state index in [4.69, 9.17) is 9.52 Å². The van der Waals surface area contributed by atoms with Crippen LogP contribution in [-0.2, 0) is 16.0 Å². The van der Waals surface area contributed by atoms with E-state index in [0.29, 0.717) is 17.3 Å². The molecule has 0 fully saturated rings. The summed E-state index contributed by atoms with van der Waals surface area (Å²) in [5.74, 6) is -0.486. The Labute approximate surface area is 121 Å². The summed E-state index contributed by atoms with van der Waals surface area (Å²) in [7, 11) is 0. The molecule has 2 aromatic rings. The van der Waals surface area contributed by atoms with Crippen molar-refractivity contribution in [2.24, 2.45) is 0 Å². The van der Waals surface area contributed by atoms with Gasteiger partial charge in [0.05, 0.1) is 12.1 Å². The predicted octanol–water partition coefficient (Wildman–Crippen LogP) is 1.78. The molecule has 21 heavy (non-hydrogen) atoms. The summed E-state index contributed by atoms with van der Waals surface area (Å²) in [5, 5.41) is 11.1. The molecule has 110 valence electrons. The molecule has 0 bridgehead atoms. The molecule has 0 saturated carbocycles. The van der Waals surface area contributed by atoms with Crippen molar-refractivity contribution in [3.8, 4) is 11.5 Å². The van der Waals surface area contributed by atoms with Crippen molar-refractivity contribution in [1.29, 1.82) is 0 Å². The van der Waals surface area contributed by atoms with Crippen LogP contribution in [0.2, 0.25) is 0 Å². The van der Waals surface area contributed by atoms with E-state index in [2.05, 4.69) is 10.3 Å². The van der Waals surface area contributed by atoms with Gasteiger partial charge in [0.2, 0.25) is 11.8 Å². The molecular weight excluding hydrogens is 272 g/mol. The number of aryl methyl sites for hydroxylation is 1. The van der Waals surface area contributed by atoms with Gasteiger partial charge in [0.15, 0.2) is 0 Å². The van der Waals surface area contributed by atoms with E-state index in [1.165, 1.54) is 6.92 Å². The largest absolute Gasteiger partial charge is 0.480 e. The van der Waals surface area contributed by atoms with Crippen LogP contribution in [-0.4, -0.2) is 28.0 Å². The first-order valence-corrected chi connectivity index (χ1v) is 6.51. The van der Waals surface area contributed by atoms with Crippen molar-refractivity contribution in [1.82, 2.24) is 10.3 Å². The van der Waals surface area contributed by atoms with Gasteiger partial charge in [-0.25, -0.2) is 4.98 Å². The minimum absolute atomic E-state index is 0.0141. The number of aromatic nitrogens is 1. The molecule has 1 amide bonds. The molecule has 1 atom stereocenters. The lowest BCUT2D eigenvalue weighted by atomic mass is 10.2. The van der Waals surface area contributed by atoms with Gasteiger partial charge in [-0.1, -0.05) is 18.2 Å². The van der Waals surface area contributed by atoms with Gasteiger partial charge in [-0.15, -0.1) is 0 Å². The van der Waals surface area contributed by atoms with E-state index in [-0.39, 0.29) is 6.42 Å². The summed E-state index contributed by atoms with van der Waals surface area (Å²) in [6.07, 6.45) is -0.0141. The molecule has 0 unspecified atom stereocenters. The summed E-state index contributed by atoms with van der Waals surface area (Å²) in [6.45, 7) is 3.13. The number of oxazole rings is 1. The second kappa shape index (κ2) is 6.21. The normalized spacial score (nSPS) is 11.9. The highest BCUT2D eigenvalue weighted by Gasteiger charge is 2.18. The number of rotatable bonds is 5. The summed E-state index contributed by atoms with van der Waals surface area (Å²) < 4.78 is 5.55. The lowest BCUT2D eigenvalue weighted by Crippen LogP contribution is -2.39. The van der Waals surface area contributed by atoms with Gasteiger partial charge in [-0.2, -0.15) is 0 Å². The summed E-state index contributed by atoms with van der Waals surface area (Å²) in [5.41, 5.74) is 1.33. The van der Waals surface area contributed by atoms with E-state index in [9.17, 15) is 9.59 Å². The lowest BCUT2D eigenvalue weighted by molar-refractivity contribution is -0.141. The molecule has 6 nitrogen and oxygen atoms in total. The van der Waals surface area contributed by atoms with Crippen LogP contribution in [0.15, 0.2) is 34.7 Å². The van der Waals surface area contributed by atoms with E-state index < -0.39 is 17.9 Å². The zero-order chi connectivity index (χ0) is 15.4. The van der Waals surface area contributed by atoms with Crippen LogP contribution >= 0.6 is 0 Å². The Morgan fingerprint density at radius 3 is 2.62 bits per heavy atom. The predicted molar refractivity (Wildman–Crippen MR) is 75.6 cm³/mol. The Hall–Kier alpha value is -2.63. The van der Waals surface area contributed by atoms with Crippen LogP contribution in [0, 0.1) is 6.92 Å². The molecule has 2 N–H and O–H groups in total. The van der Waals surface area contributed by atoms with Gasteiger partial charge in [-0.05, 0) is 26.0 Å². The van der Waals surface area contributed by atoms with Crippen LogP contribution < -0.4 is 5.32 Å². The number of nitrogens with one attached hydrogen (secondary N) is 1. The summed E-state index contributed by atoms with van der Waals surface area (Å²) in [4.78, 5) is 26.8. The molecule has 1 aromatic carbocycles. The number of amides is 1. The zero-order valence-corrected chi connectivity index (χ0v) is 11.8. The second-order valence-corrected chi connectivity index (χ2v) is 4.69. The van der Waals surface area contributed by atoms with Gasteiger partial charge in [-0.3, -0.25) is 9.59 Å².